The Hall–Kier alpha value is -0.950. The van der Waals surface area contributed by atoms with E-state index in [9.17, 15) is 4.79 Å². The summed E-state index contributed by atoms with van der Waals surface area (Å²) in [5.41, 5.74) is 1.65. The van der Waals surface area contributed by atoms with Gasteiger partial charge in [-0.25, -0.2) is 5.48 Å². The third-order valence-electron chi connectivity index (χ3n) is 4.85. The summed E-state index contributed by atoms with van der Waals surface area (Å²) in [6.07, 6.45) is 6.52. The average Bonchev–Trinajstić information content (AvgIpc) is 3.14. The van der Waals surface area contributed by atoms with Crippen LogP contribution in [0.25, 0.3) is 0 Å². The molecule has 0 aliphatic carbocycles. The first kappa shape index (κ1) is 18.4. The minimum absolute atomic E-state index is 0.0929. The molecule has 2 aliphatic rings. The van der Waals surface area contributed by atoms with Crippen molar-refractivity contribution < 1.29 is 24.2 Å². The molecule has 2 saturated heterocycles. The van der Waals surface area contributed by atoms with Crippen molar-refractivity contribution in [2.45, 2.75) is 57.3 Å². The summed E-state index contributed by atoms with van der Waals surface area (Å²) >= 11 is 0. The highest BCUT2D eigenvalue weighted by Gasteiger charge is 2.48. The molecule has 0 aromatic rings. The molecule has 0 radical (unpaired) electrons. The Morgan fingerprint density at radius 3 is 2.74 bits per heavy atom. The predicted molar refractivity (Wildman–Crippen MR) is 85.1 cm³/mol. The lowest BCUT2D eigenvalue weighted by Crippen LogP contribution is -2.34. The zero-order valence-corrected chi connectivity index (χ0v) is 13.9. The van der Waals surface area contributed by atoms with Crippen molar-refractivity contribution >= 4 is 5.91 Å². The number of nitrogens with one attached hydrogen (secondary N) is 1. The lowest BCUT2D eigenvalue weighted by Gasteiger charge is -2.28. The third kappa shape index (κ3) is 5.28. The number of ether oxygens (including phenoxy) is 3. The summed E-state index contributed by atoms with van der Waals surface area (Å²) in [4.78, 5) is 11.0. The Morgan fingerprint density at radius 1 is 1.39 bits per heavy atom. The number of rotatable bonds is 11. The van der Waals surface area contributed by atoms with Crippen LogP contribution in [0.3, 0.4) is 0 Å². The normalized spacial score (nSPS) is 30.3. The van der Waals surface area contributed by atoms with Crippen LogP contribution in [0.5, 0.6) is 0 Å². The molecule has 2 fully saturated rings. The van der Waals surface area contributed by atoms with Gasteiger partial charge < -0.3 is 14.2 Å². The van der Waals surface area contributed by atoms with Crippen LogP contribution in [-0.2, 0) is 19.0 Å². The third-order valence-corrected chi connectivity index (χ3v) is 4.85. The zero-order chi connectivity index (χ0) is 16.7. The fraction of sp³-hybridized carbons (Fsp3) is 0.824. The zero-order valence-electron chi connectivity index (χ0n) is 13.9. The van der Waals surface area contributed by atoms with Crippen molar-refractivity contribution in [3.05, 3.63) is 12.7 Å². The highest BCUT2D eigenvalue weighted by molar-refractivity contribution is 5.74. The Labute approximate surface area is 138 Å². The minimum atomic E-state index is -0.349. The van der Waals surface area contributed by atoms with Gasteiger partial charge in [-0.15, -0.1) is 6.58 Å². The second-order valence-corrected chi connectivity index (χ2v) is 6.52. The molecule has 2 heterocycles. The van der Waals surface area contributed by atoms with E-state index in [4.69, 9.17) is 19.4 Å². The van der Waals surface area contributed by atoms with Gasteiger partial charge in [-0.3, -0.25) is 10.0 Å². The van der Waals surface area contributed by atoms with Gasteiger partial charge in [-0.1, -0.05) is 6.08 Å². The van der Waals surface area contributed by atoms with Crippen LogP contribution >= 0.6 is 0 Å². The maximum Gasteiger partial charge on any atom is 0.243 e. The molecule has 6 heteroatoms. The molecule has 0 spiro atoms. The fourth-order valence-corrected chi connectivity index (χ4v) is 3.58. The molecular formula is C17H29NO5. The van der Waals surface area contributed by atoms with E-state index >= 15 is 0 Å². The van der Waals surface area contributed by atoms with Crippen LogP contribution in [0, 0.1) is 11.8 Å². The van der Waals surface area contributed by atoms with Crippen molar-refractivity contribution in [1.82, 2.24) is 5.48 Å². The van der Waals surface area contributed by atoms with Crippen molar-refractivity contribution in [2.24, 2.45) is 11.8 Å². The highest BCUT2D eigenvalue weighted by Crippen LogP contribution is 2.43. The summed E-state index contributed by atoms with van der Waals surface area (Å²) < 4.78 is 17.6. The Morgan fingerprint density at radius 2 is 2.09 bits per heavy atom. The van der Waals surface area contributed by atoms with Crippen LogP contribution in [0.1, 0.15) is 39.0 Å². The predicted octanol–water partition coefficient (Wildman–Crippen LogP) is 2.06. The van der Waals surface area contributed by atoms with Gasteiger partial charge >= 0.3 is 0 Å². The number of hydroxylamine groups is 1. The summed E-state index contributed by atoms with van der Waals surface area (Å²) in [6, 6.07) is 0. The number of amides is 1. The molecule has 5 atom stereocenters. The lowest BCUT2D eigenvalue weighted by molar-refractivity contribution is -0.129. The first-order chi connectivity index (χ1) is 11.2. The van der Waals surface area contributed by atoms with Crippen molar-refractivity contribution in [1.29, 1.82) is 0 Å². The Balaban J connectivity index is 1.70. The summed E-state index contributed by atoms with van der Waals surface area (Å²) in [5, 5.41) is 8.46. The van der Waals surface area contributed by atoms with Crippen molar-refractivity contribution in [3.8, 4) is 0 Å². The standard InChI is InChI=1S/C17H29NO5/c1-3-9-21-10-13-14(16-8-7-15(13)23-16)11-22-12(2)5-4-6-17(19)18-20/h3,12-16,20H,1,4-11H2,2H3,(H,18,19). The van der Waals surface area contributed by atoms with Crippen LogP contribution in [0.2, 0.25) is 0 Å². The van der Waals surface area contributed by atoms with E-state index in [0.717, 1.165) is 19.3 Å². The molecule has 23 heavy (non-hydrogen) atoms. The minimum Gasteiger partial charge on any atom is -0.378 e. The van der Waals surface area contributed by atoms with Gasteiger partial charge in [0, 0.05) is 18.3 Å². The maximum atomic E-state index is 11.0. The molecule has 2 N–H and O–H groups in total. The van der Waals surface area contributed by atoms with Gasteiger partial charge in [-0.05, 0) is 32.6 Å². The van der Waals surface area contributed by atoms with Crippen molar-refractivity contribution in [3.63, 3.8) is 0 Å². The second kappa shape index (κ2) is 9.37. The Bertz CT molecular complexity index is 389. The monoisotopic (exact) mass is 327 g/mol. The molecule has 5 unspecified atom stereocenters. The molecule has 0 aromatic carbocycles. The lowest BCUT2D eigenvalue weighted by atomic mass is 9.80. The van der Waals surface area contributed by atoms with Crippen LogP contribution in [0.4, 0.5) is 0 Å². The van der Waals surface area contributed by atoms with Gasteiger partial charge in [0.15, 0.2) is 0 Å². The van der Waals surface area contributed by atoms with Gasteiger partial charge in [-0.2, -0.15) is 0 Å². The van der Waals surface area contributed by atoms with E-state index in [2.05, 4.69) is 6.58 Å². The number of hydrogen-bond donors (Lipinski definition) is 2. The van der Waals surface area contributed by atoms with E-state index in [-0.39, 0.29) is 12.0 Å². The SMILES string of the molecule is C=CCOCC1C2CCC(O2)C1COC(C)CCCC(=O)NO. The van der Waals surface area contributed by atoms with Crippen LogP contribution in [-0.4, -0.2) is 49.2 Å². The van der Waals surface area contributed by atoms with Crippen LogP contribution < -0.4 is 5.48 Å². The first-order valence-electron chi connectivity index (χ1n) is 8.54. The van der Waals surface area contributed by atoms with Gasteiger partial charge in [0.1, 0.15) is 0 Å². The van der Waals surface area contributed by atoms with E-state index in [1.54, 1.807) is 11.6 Å². The molecule has 2 rings (SSSR count). The van der Waals surface area contributed by atoms with Crippen LogP contribution in [0.15, 0.2) is 12.7 Å². The fourth-order valence-electron chi connectivity index (χ4n) is 3.58. The molecule has 2 aliphatic heterocycles. The van der Waals surface area contributed by atoms with Crippen molar-refractivity contribution in [2.75, 3.05) is 19.8 Å². The van der Waals surface area contributed by atoms with E-state index < -0.39 is 0 Å². The van der Waals surface area contributed by atoms with Gasteiger partial charge in [0.25, 0.3) is 0 Å². The number of fused-ring (bicyclic) bond motifs is 2. The molecular weight excluding hydrogens is 298 g/mol. The highest BCUT2D eigenvalue weighted by atomic mass is 16.5. The average molecular weight is 327 g/mol. The number of carbonyl (C=O) groups is 1. The van der Waals surface area contributed by atoms with Gasteiger partial charge in [0.05, 0.1) is 38.1 Å². The topological polar surface area (TPSA) is 77.0 Å². The van der Waals surface area contributed by atoms with E-state index in [0.29, 0.717) is 56.7 Å². The molecule has 0 aromatic heterocycles. The number of hydrogen-bond acceptors (Lipinski definition) is 5. The smallest absolute Gasteiger partial charge is 0.243 e. The van der Waals surface area contributed by atoms with E-state index in [1.807, 2.05) is 6.92 Å². The molecule has 1 amide bonds. The summed E-state index contributed by atoms with van der Waals surface area (Å²) in [6.45, 7) is 7.65. The van der Waals surface area contributed by atoms with Gasteiger partial charge in [0.2, 0.25) is 5.91 Å². The largest absolute Gasteiger partial charge is 0.378 e. The molecule has 6 nitrogen and oxygen atoms in total. The summed E-state index contributed by atoms with van der Waals surface area (Å²) in [5.74, 6) is 0.445. The first-order valence-corrected chi connectivity index (χ1v) is 8.54. The van der Waals surface area contributed by atoms with E-state index in [1.165, 1.54) is 0 Å². The summed E-state index contributed by atoms with van der Waals surface area (Å²) in [7, 11) is 0. The second-order valence-electron chi connectivity index (χ2n) is 6.52. The molecule has 2 bridgehead atoms. The Kier molecular flexibility index (Phi) is 7.49. The molecule has 132 valence electrons. The quantitative estimate of drug-likeness (QED) is 0.263. The number of carbonyl (C=O) groups excluding carboxylic acids is 1. The maximum absolute atomic E-state index is 11.0. The molecule has 0 saturated carbocycles.